The zero-order valence-electron chi connectivity index (χ0n) is 11.4. The molecule has 0 aliphatic heterocycles. The molecule has 2 aromatic rings. The monoisotopic (exact) mass is 274 g/mol. The van der Waals surface area contributed by atoms with Gasteiger partial charge in [-0.2, -0.15) is 0 Å². The molecule has 0 fully saturated rings. The molecule has 0 aliphatic carbocycles. The molecule has 0 aromatic heterocycles. The zero-order valence-corrected chi connectivity index (χ0v) is 12.1. The first-order valence-corrected chi connectivity index (χ1v) is 6.74. The van der Waals surface area contributed by atoms with E-state index in [9.17, 15) is 0 Å². The summed E-state index contributed by atoms with van der Waals surface area (Å²) in [5.41, 5.74) is 3.57. The third-order valence-electron chi connectivity index (χ3n) is 2.93. The van der Waals surface area contributed by atoms with Crippen LogP contribution in [0.1, 0.15) is 11.1 Å². The van der Waals surface area contributed by atoms with Gasteiger partial charge in [0.2, 0.25) is 0 Å². The lowest BCUT2D eigenvalue weighted by atomic mass is 10.1. The van der Waals surface area contributed by atoms with E-state index in [1.165, 1.54) is 5.56 Å². The largest absolute Gasteiger partial charge is 0.381 e. The average molecular weight is 275 g/mol. The van der Waals surface area contributed by atoms with Crippen molar-refractivity contribution in [3.63, 3.8) is 0 Å². The van der Waals surface area contributed by atoms with Crippen molar-refractivity contribution in [3.8, 4) is 0 Å². The standard InChI is InChI=1S/C16H19ClN2/c1-19(2)12-14-8-4-6-10-16(14)18-11-13-7-3-5-9-15(13)17/h3-10,18H,11-12H2,1-2H3. The predicted octanol–water partition coefficient (Wildman–Crippen LogP) is 4.01. The normalized spacial score (nSPS) is 10.7. The fraction of sp³-hybridized carbons (Fsp3) is 0.250. The maximum Gasteiger partial charge on any atom is 0.0455 e. The highest BCUT2D eigenvalue weighted by atomic mass is 35.5. The van der Waals surface area contributed by atoms with Crippen molar-refractivity contribution in [1.82, 2.24) is 4.90 Å². The summed E-state index contributed by atoms with van der Waals surface area (Å²) in [5.74, 6) is 0. The lowest BCUT2D eigenvalue weighted by Crippen LogP contribution is -2.12. The highest BCUT2D eigenvalue weighted by Crippen LogP contribution is 2.20. The van der Waals surface area contributed by atoms with Gasteiger partial charge in [-0.3, -0.25) is 0 Å². The molecule has 0 atom stereocenters. The van der Waals surface area contributed by atoms with Crippen LogP contribution < -0.4 is 5.32 Å². The number of benzene rings is 2. The second-order valence-electron chi connectivity index (χ2n) is 4.84. The Morgan fingerprint density at radius 2 is 1.58 bits per heavy atom. The van der Waals surface area contributed by atoms with Crippen molar-refractivity contribution in [2.75, 3.05) is 19.4 Å². The molecule has 0 heterocycles. The number of hydrogen-bond donors (Lipinski definition) is 1. The molecule has 0 amide bonds. The second kappa shape index (κ2) is 6.60. The topological polar surface area (TPSA) is 15.3 Å². The van der Waals surface area contributed by atoms with Crippen molar-refractivity contribution in [1.29, 1.82) is 0 Å². The highest BCUT2D eigenvalue weighted by Gasteiger charge is 2.04. The predicted molar refractivity (Wildman–Crippen MR) is 82.6 cm³/mol. The van der Waals surface area contributed by atoms with E-state index in [2.05, 4.69) is 42.5 Å². The van der Waals surface area contributed by atoms with Crippen molar-refractivity contribution in [2.45, 2.75) is 13.1 Å². The minimum absolute atomic E-state index is 0.740. The van der Waals surface area contributed by atoms with Gasteiger partial charge in [0.15, 0.2) is 0 Å². The quantitative estimate of drug-likeness (QED) is 0.886. The Kier molecular flexibility index (Phi) is 4.83. The van der Waals surface area contributed by atoms with E-state index in [-0.39, 0.29) is 0 Å². The summed E-state index contributed by atoms with van der Waals surface area (Å²) in [6, 6.07) is 16.3. The van der Waals surface area contributed by atoms with E-state index < -0.39 is 0 Å². The van der Waals surface area contributed by atoms with Gasteiger partial charge in [-0.15, -0.1) is 0 Å². The number of anilines is 1. The highest BCUT2D eigenvalue weighted by molar-refractivity contribution is 6.31. The molecular formula is C16H19ClN2. The Balaban J connectivity index is 2.09. The fourth-order valence-electron chi connectivity index (χ4n) is 2.00. The van der Waals surface area contributed by atoms with Crippen LogP contribution in [0.2, 0.25) is 5.02 Å². The Hall–Kier alpha value is -1.51. The van der Waals surface area contributed by atoms with Gasteiger partial charge in [0.05, 0.1) is 0 Å². The number of rotatable bonds is 5. The first kappa shape index (κ1) is 13.9. The molecule has 2 nitrogen and oxygen atoms in total. The Morgan fingerprint density at radius 1 is 0.947 bits per heavy atom. The molecule has 0 saturated carbocycles. The molecular weight excluding hydrogens is 256 g/mol. The zero-order chi connectivity index (χ0) is 13.7. The van der Waals surface area contributed by atoms with Gasteiger partial charge >= 0.3 is 0 Å². The summed E-state index contributed by atoms with van der Waals surface area (Å²) in [7, 11) is 4.15. The summed E-state index contributed by atoms with van der Waals surface area (Å²) < 4.78 is 0. The van der Waals surface area contributed by atoms with E-state index in [0.717, 1.165) is 29.4 Å². The van der Waals surface area contributed by atoms with Crippen LogP contribution in [-0.4, -0.2) is 19.0 Å². The van der Waals surface area contributed by atoms with Gasteiger partial charge in [-0.25, -0.2) is 0 Å². The van der Waals surface area contributed by atoms with E-state index >= 15 is 0 Å². The summed E-state index contributed by atoms with van der Waals surface area (Å²) in [4.78, 5) is 2.16. The Bertz CT molecular complexity index is 538. The van der Waals surface area contributed by atoms with E-state index in [4.69, 9.17) is 11.6 Å². The first-order chi connectivity index (χ1) is 9.16. The molecule has 100 valence electrons. The van der Waals surface area contributed by atoms with Crippen LogP contribution in [0.15, 0.2) is 48.5 Å². The second-order valence-corrected chi connectivity index (χ2v) is 5.25. The summed E-state index contributed by atoms with van der Waals surface area (Å²) >= 11 is 6.17. The number of hydrogen-bond acceptors (Lipinski definition) is 2. The van der Waals surface area contributed by atoms with Crippen LogP contribution in [0.3, 0.4) is 0 Å². The molecule has 0 spiro atoms. The van der Waals surface area contributed by atoms with Gasteiger partial charge in [0.25, 0.3) is 0 Å². The summed E-state index contributed by atoms with van der Waals surface area (Å²) in [5, 5.41) is 4.27. The van der Waals surface area contributed by atoms with Crippen LogP contribution in [0.25, 0.3) is 0 Å². The van der Waals surface area contributed by atoms with Gasteiger partial charge in [0.1, 0.15) is 0 Å². The van der Waals surface area contributed by atoms with Crippen molar-refractivity contribution in [2.24, 2.45) is 0 Å². The number of halogens is 1. The van der Waals surface area contributed by atoms with Crippen molar-refractivity contribution in [3.05, 3.63) is 64.7 Å². The molecule has 2 rings (SSSR count). The summed E-state index contributed by atoms with van der Waals surface area (Å²) in [6.07, 6.45) is 0. The minimum atomic E-state index is 0.740. The number of nitrogens with zero attached hydrogens (tertiary/aromatic N) is 1. The van der Waals surface area contributed by atoms with E-state index in [1.54, 1.807) is 0 Å². The Labute approximate surface area is 120 Å². The SMILES string of the molecule is CN(C)Cc1ccccc1NCc1ccccc1Cl. The maximum atomic E-state index is 6.17. The molecule has 0 bridgehead atoms. The maximum absolute atomic E-state index is 6.17. The fourth-order valence-corrected chi connectivity index (χ4v) is 2.21. The average Bonchev–Trinajstić information content (AvgIpc) is 2.39. The molecule has 2 aromatic carbocycles. The lowest BCUT2D eigenvalue weighted by molar-refractivity contribution is 0.403. The van der Waals surface area contributed by atoms with E-state index in [0.29, 0.717) is 0 Å². The first-order valence-electron chi connectivity index (χ1n) is 6.36. The smallest absolute Gasteiger partial charge is 0.0455 e. The molecule has 0 saturated heterocycles. The van der Waals surface area contributed by atoms with E-state index in [1.807, 2.05) is 30.3 Å². The molecule has 1 N–H and O–H groups in total. The van der Waals surface area contributed by atoms with Gasteiger partial charge < -0.3 is 10.2 Å². The number of nitrogens with one attached hydrogen (secondary N) is 1. The number of para-hydroxylation sites is 1. The Morgan fingerprint density at radius 3 is 2.26 bits per heavy atom. The molecule has 0 unspecified atom stereocenters. The van der Waals surface area contributed by atoms with Crippen molar-refractivity contribution < 1.29 is 0 Å². The molecule has 0 aliphatic rings. The molecule has 19 heavy (non-hydrogen) atoms. The van der Waals surface area contributed by atoms with Gasteiger partial charge in [-0.1, -0.05) is 48.0 Å². The van der Waals surface area contributed by atoms with Gasteiger partial charge in [-0.05, 0) is 37.4 Å². The van der Waals surface area contributed by atoms with Crippen molar-refractivity contribution >= 4 is 17.3 Å². The van der Waals surface area contributed by atoms with Crippen LogP contribution in [0, 0.1) is 0 Å². The summed E-state index contributed by atoms with van der Waals surface area (Å²) in [6.45, 7) is 1.66. The lowest BCUT2D eigenvalue weighted by Gasteiger charge is -2.16. The van der Waals surface area contributed by atoms with Gasteiger partial charge in [0, 0.05) is 23.8 Å². The molecule has 3 heteroatoms. The van der Waals surface area contributed by atoms with Crippen LogP contribution >= 0.6 is 11.6 Å². The minimum Gasteiger partial charge on any atom is -0.381 e. The van der Waals surface area contributed by atoms with Crippen LogP contribution in [0.5, 0.6) is 0 Å². The van der Waals surface area contributed by atoms with Crippen LogP contribution in [-0.2, 0) is 13.1 Å². The third kappa shape index (κ3) is 3.98. The third-order valence-corrected chi connectivity index (χ3v) is 3.30. The van der Waals surface area contributed by atoms with Crippen LogP contribution in [0.4, 0.5) is 5.69 Å². The molecule has 0 radical (unpaired) electrons.